The Morgan fingerprint density at radius 2 is 1.23 bits per heavy atom. The van der Waals surface area contributed by atoms with E-state index in [9.17, 15) is 27.7 Å². The maximum Gasteiger partial charge on any atom is 0.269 e. The van der Waals surface area contributed by atoms with Gasteiger partial charge in [-0.2, -0.15) is 15.5 Å². The van der Waals surface area contributed by atoms with Crippen LogP contribution in [0.5, 0.6) is 0 Å². The predicted octanol–water partition coefficient (Wildman–Crippen LogP) is 5.76. The van der Waals surface area contributed by atoms with Gasteiger partial charge < -0.3 is 9.80 Å². The van der Waals surface area contributed by atoms with Crippen molar-refractivity contribution >= 4 is 28.4 Å². The van der Waals surface area contributed by atoms with Crippen LogP contribution in [0.15, 0.2) is 58.8 Å². The molecule has 0 aliphatic carbocycles. The van der Waals surface area contributed by atoms with Crippen LogP contribution in [0.1, 0.15) is 5.56 Å². The average Bonchev–Trinajstić information content (AvgIpc) is 2.88. The van der Waals surface area contributed by atoms with Gasteiger partial charge in [0.05, 0.1) is 16.3 Å². The van der Waals surface area contributed by atoms with Crippen LogP contribution in [-0.2, 0) is 0 Å². The lowest BCUT2D eigenvalue weighted by molar-refractivity contribution is -0.384. The Kier molecular flexibility index (Phi) is 6.59. The fourth-order valence-electron chi connectivity index (χ4n) is 3.67. The van der Waals surface area contributed by atoms with E-state index in [1.165, 1.54) is 29.2 Å². The zero-order valence-corrected chi connectivity index (χ0v) is 18.0. The van der Waals surface area contributed by atoms with E-state index in [1.54, 1.807) is 24.3 Å². The monoisotopic (exact) mass is 484 g/mol. The molecule has 1 aliphatic rings. The number of nitrogens with zero attached hydrogens (tertiary/aromatic N) is 6. The molecule has 4 rings (SSSR count). The van der Waals surface area contributed by atoms with Gasteiger partial charge in [0.25, 0.3) is 5.69 Å². The summed E-state index contributed by atoms with van der Waals surface area (Å²) < 4.78 is 56.7. The number of nitro groups is 1. The fourth-order valence-corrected chi connectivity index (χ4v) is 3.67. The zero-order chi connectivity index (χ0) is 25.1. The lowest BCUT2D eigenvalue weighted by atomic mass is 10.1. The lowest BCUT2D eigenvalue weighted by Gasteiger charge is -2.37. The Hall–Kier alpha value is -4.53. The Balaban J connectivity index is 1.41. The predicted molar refractivity (Wildman–Crippen MR) is 119 cm³/mol. The van der Waals surface area contributed by atoms with E-state index < -0.39 is 39.4 Å². The van der Waals surface area contributed by atoms with Gasteiger partial charge in [-0.15, -0.1) is 0 Å². The molecule has 0 amide bonds. The average molecular weight is 484 g/mol. The van der Waals surface area contributed by atoms with Crippen molar-refractivity contribution in [3.63, 3.8) is 0 Å². The number of nitriles is 1. The van der Waals surface area contributed by atoms with Crippen LogP contribution in [0.4, 0.5) is 46.0 Å². The highest BCUT2D eigenvalue weighted by Crippen LogP contribution is 2.32. The standard InChI is InChI=1S/C23H16F4N6O2/c24-19-18(13-28)20(25)22(27)23(21(19)26)32-11-9-31(10-12-32)16-5-1-14(2-6-16)29-30-15-3-7-17(8-4-15)33(34)35/h1-8H,9-12H2. The summed E-state index contributed by atoms with van der Waals surface area (Å²) in [5, 5.41) is 27.6. The van der Waals surface area contributed by atoms with E-state index in [1.807, 2.05) is 4.90 Å². The molecule has 12 heteroatoms. The number of anilines is 2. The molecule has 1 aliphatic heterocycles. The number of azo groups is 1. The second-order valence-electron chi connectivity index (χ2n) is 7.56. The van der Waals surface area contributed by atoms with Crippen molar-refractivity contribution in [3.05, 3.63) is 87.5 Å². The summed E-state index contributed by atoms with van der Waals surface area (Å²) >= 11 is 0. The summed E-state index contributed by atoms with van der Waals surface area (Å²) in [6.45, 7) is 0.845. The van der Waals surface area contributed by atoms with Gasteiger partial charge in [-0.05, 0) is 36.4 Å². The van der Waals surface area contributed by atoms with E-state index in [4.69, 9.17) is 5.26 Å². The van der Waals surface area contributed by atoms with Gasteiger partial charge >= 0.3 is 0 Å². The minimum absolute atomic E-state index is 0.0478. The third kappa shape index (κ3) is 4.74. The largest absolute Gasteiger partial charge is 0.368 e. The molecule has 3 aromatic carbocycles. The van der Waals surface area contributed by atoms with E-state index in [-0.39, 0.29) is 18.8 Å². The number of hydrogen-bond donors (Lipinski definition) is 0. The molecule has 0 bridgehead atoms. The van der Waals surface area contributed by atoms with Gasteiger partial charge in [0.2, 0.25) is 0 Å². The van der Waals surface area contributed by atoms with Crippen molar-refractivity contribution < 1.29 is 22.5 Å². The number of rotatable bonds is 5. The molecule has 0 unspecified atom stereocenters. The molecule has 0 saturated carbocycles. The number of piperazine rings is 1. The molecule has 0 atom stereocenters. The quantitative estimate of drug-likeness (QED) is 0.151. The summed E-state index contributed by atoms with van der Waals surface area (Å²) in [7, 11) is 0. The summed E-state index contributed by atoms with van der Waals surface area (Å²) in [6, 6.07) is 13.7. The van der Waals surface area contributed by atoms with Crippen molar-refractivity contribution in [1.29, 1.82) is 5.26 Å². The summed E-state index contributed by atoms with van der Waals surface area (Å²) in [5.74, 6) is -6.59. The Morgan fingerprint density at radius 1 is 0.771 bits per heavy atom. The molecule has 0 radical (unpaired) electrons. The molecule has 35 heavy (non-hydrogen) atoms. The minimum atomic E-state index is -1.71. The molecular weight excluding hydrogens is 468 g/mol. The summed E-state index contributed by atoms with van der Waals surface area (Å²) in [4.78, 5) is 13.3. The minimum Gasteiger partial charge on any atom is -0.368 e. The molecule has 0 N–H and O–H groups in total. The van der Waals surface area contributed by atoms with Crippen molar-refractivity contribution in [3.8, 4) is 6.07 Å². The Labute approximate surface area is 196 Å². The highest BCUT2D eigenvalue weighted by molar-refractivity contribution is 5.58. The lowest BCUT2D eigenvalue weighted by Crippen LogP contribution is -2.47. The number of non-ortho nitro benzene ring substituents is 1. The third-order valence-electron chi connectivity index (χ3n) is 5.50. The van der Waals surface area contributed by atoms with Gasteiger partial charge in [0.1, 0.15) is 17.3 Å². The first-order valence-electron chi connectivity index (χ1n) is 10.3. The molecule has 0 spiro atoms. The molecule has 0 aromatic heterocycles. The highest BCUT2D eigenvalue weighted by atomic mass is 19.2. The van der Waals surface area contributed by atoms with Crippen molar-refractivity contribution in [2.24, 2.45) is 10.2 Å². The first kappa shape index (κ1) is 23.6. The first-order chi connectivity index (χ1) is 16.8. The van der Waals surface area contributed by atoms with E-state index >= 15 is 0 Å². The topological polar surface area (TPSA) is 98.1 Å². The van der Waals surface area contributed by atoms with Crippen LogP contribution in [0.3, 0.4) is 0 Å². The maximum absolute atomic E-state index is 14.4. The van der Waals surface area contributed by atoms with Gasteiger partial charge in [0, 0.05) is 44.0 Å². The molecule has 178 valence electrons. The molecule has 8 nitrogen and oxygen atoms in total. The Bertz CT molecular complexity index is 1300. The van der Waals surface area contributed by atoms with Crippen molar-refractivity contribution in [2.75, 3.05) is 36.0 Å². The van der Waals surface area contributed by atoms with E-state index in [0.717, 1.165) is 11.8 Å². The van der Waals surface area contributed by atoms with Gasteiger partial charge in [0.15, 0.2) is 23.3 Å². The number of nitro benzene ring substituents is 1. The van der Waals surface area contributed by atoms with E-state index in [0.29, 0.717) is 24.5 Å². The van der Waals surface area contributed by atoms with Crippen LogP contribution < -0.4 is 9.80 Å². The molecule has 1 fully saturated rings. The van der Waals surface area contributed by atoms with Crippen LogP contribution in [0.2, 0.25) is 0 Å². The SMILES string of the molecule is N#Cc1c(F)c(F)c(N2CCN(c3ccc(N=Nc4ccc([N+](=O)[O-])cc4)cc3)CC2)c(F)c1F. The highest BCUT2D eigenvalue weighted by Gasteiger charge is 2.30. The zero-order valence-electron chi connectivity index (χ0n) is 18.0. The third-order valence-corrected chi connectivity index (χ3v) is 5.50. The normalized spacial score (nSPS) is 13.8. The van der Waals surface area contributed by atoms with Crippen LogP contribution in [-0.4, -0.2) is 31.1 Å². The summed E-state index contributed by atoms with van der Waals surface area (Å²) in [6.07, 6.45) is 0. The van der Waals surface area contributed by atoms with Gasteiger partial charge in [-0.25, -0.2) is 17.6 Å². The van der Waals surface area contributed by atoms with Crippen molar-refractivity contribution in [2.45, 2.75) is 0 Å². The number of halogens is 4. The first-order valence-corrected chi connectivity index (χ1v) is 10.3. The molecule has 1 saturated heterocycles. The van der Waals surface area contributed by atoms with Crippen molar-refractivity contribution in [1.82, 2.24) is 0 Å². The van der Waals surface area contributed by atoms with E-state index in [2.05, 4.69) is 10.2 Å². The molecular formula is C23H16F4N6O2. The van der Waals surface area contributed by atoms with Gasteiger partial charge in [-0.3, -0.25) is 10.1 Å². The fraction of sp³-hybridized carbons (Fsp3) is 0.174. The maximum atomic E-state index is 14.4. The Morgan fingerprint density at radius 3 is 1.69 bits per heavy atom. The van der Waals surface area contributed by atoms with Gasteiger partial charge in [-0.1, -0.05) is 0 Å². The van der Waals surface area contributed by atoms with Crippen LogP contribution in [0, 0.1) is 44.7 Å². The molecule has 3 aromatic rings. The smallest absolute Gasteiger partial charge is 0.269 e. The molecule has 1 heterocycles. The second kappa shape index (κ2) is 9.76. The second-order valence-corrected chi connectivity index (χ2v) is 7.56. The van der Waals surface area contributed by atoms with Crippen LogP contribution in [0.25, 0.3) is 0 Å². The van der Waals surface area contributed by atoms with Crippen LogP contribution >= 0.6 is 0 Å². The number of benzene rings is 3. The number of hydrogen-bond acceptors (Lipinski definition) is 7. The summed E-state index contributed by atoms with van der Waals surface area (Å²) in [5.41, 5.74) is -0.358.